The maximum Gasteiger partial charge on any atom is 0.187 e. The van der Waals surface area contributed by atoms with Crippen LogP contribution in [0.3, 0.4) is 0 Å². The summed E-state index contributed by atoms with van der Waals surface area (Å²) in [6, 6.07) is 0. The predicted molar refractivity (Wildman–Crippen MR) is 111 cm³/mol. The van der Waals surface area contributed by atoms with Crippen molar-refractivity contribution in [1.29, 1.82) is 0 Å². The van der Waals surface area contributed by atoms with Crippen LogP contribution < -0.4 is 0 Å². The van der Waals surface area contributed by atoms with Crippen LogP contribution in [0.2, 0.25) is 0 Å². The van der Waals surface area contributed by atoms with Gasteiger partial charge in [-0.25, -0.2) is 0 Å². The number of aliphatic hydroxyl groups excluding tert-OH is 9. The van der Waals surface area contributed by atoms with E-state index in [0.717, 1.165) is 0 Å². The zero-order chi connectivity index (χ0) is 26.7. The third-order valence-corrected chi connectivity index (χ3v) is 6.44. The molecule has 3 rings (SSSR count). The summed E-state index contributed by atoms with van der Waals surface area (Å²) in [5.41, 5.74) is 0. The van der Waals surface area contributed by atoms with Gasteiger partial charge in [0, 0.05) is 14.2 Å². The fourth-order valence-corrected chi connectivity index (χ4v) is 4.28. The summed E-state index contributed by atoms with van der Waals surface area (Å²) >= 11 is 0. The summed E-state index contributed by atoms with van der Waals surface area (Å²) in [5, 5.41) is 91.5. The van der Waals surface area contributed by atoms with Crippen LogP contribution in [0, 0.1) is 0 Å². The van der Waals surface area contributed by atoms with Gasteiger partial charge in [-0.2, -0.15) is 0 Å². The molecular weight excluding hydrogens is 496 g/mol. The highest BCUT2D eigenvalue weighted by molar-refractivity contribution is 4.94. The van der Waals surface area contributed by atoms with Crippen molar-refractivity contribution in [3.63, 3.8) is 0 Å². The number of rotatable bonds is 9. The minimum Gasteiger partial charge on any atom is -0.394 e. The number of hydrogen-bond acceptors (Lipinski definition) is 16. The van der Waals surface area contributed by atoms with Crippen molar-refractivity contribution in [2.24, 2.45) is 0 Å². The molecule has 0 radical (unpaired) electrons. The maximum atomic E-state index is 10.4. The van der Waals surface area contributed by atoms with Gasteiger partial charge in [-0.1, -0.05) is 0 Å². The molecule has 0 aromatic heterocycles. The summed E-state index contributed by atoms with van der Waals surface area (Å²) in [6.07, 6.45) is -22.8. The number of aliphatic hydroxyl groups is 9. The average molecular weight is 532 g/mol. The van der Waals surface area contributed by atoms with Crippen LogP contribution in [0.5, 0.6) is 0 Å². The third kappa shape index (κ3) is 6.15. The zero-order valence-corrected chi connectivity index (χ0v) is 19.7. The van der Waals surface area contributed by atoms with Crippen molar-refractivity contribution in [2.45, 2.75) is 92.1 Å². The molecule has 0 bridgehead atoms. The molecule has 3 aliphatic rings. The quantitative estimate of drug-likeness (QED) is 0.134. The highest BCUT2D eigenvalue weighted by Crippen LogP contribution is 2.30. The number of methoxy groups -OCH3 is 2. The Kier molecular flexibility index (Phi) is 10.8. The van der Waals surface area contributed by atoms with Crippen molar-refractivity contribution >= 4 is 0 Å². The molecule has 15 atom stereocenters. The van der Waals surface area contributed by atoms with Gasteiger partial charge in [0.25, 0.3) is 0 Å². The number of hydrogen-bond donors (Lipinski definition) is 9. The summed E-state index contributed by atoms with van der Waals surface area (Å²) in [5.74, 6) is 0. The first kappa shape index (κ1) is 29.9. The van der Waals surface area contributed by atoms with Crippen molar-refractivity contribution in [1.82, 2.24) is 0 Å². The third-order valence-electron chi connectivity index (χ3n) is 6.44. The molecule has 0 aliphatic carbocycles. The Morgan fingerprint density at radius 1 is 0.556 bits per heavy atom. The molecule has 3 heterocycles. The first-order valence-electron chi connectivity index (χ1n) is 11.4. The van der Waals surface area contributed by atoms with Crippen LogP contribution in [-0.4, -0.2) is 172 Å². The van der Waals surface area contributed by atoms with Crippen molar-refractivity contribution in [3.8, 4) is 0 Å². The Morgan fingerprint density at radius 3 is 1.61 bits per heavy atom. The summed E-state index contributed by atoms with van der Waals surface area (Å²) in [7, 11) is 2.56. The van der Waals surface area contributed by atoms with E-state index in [1.807, 2.05) is 0 Å². The monoisotopic (exact) mass is 532 g/mol. The van der Waals surface area contributed by atoms with E-state index in [9.17, 15) is 46.0 Å². The van der Waals surface area contributed by atoms with Gasteiger partial charge in [0.1, 0.15) is 73.2 Å². The van der Waals surface area contributed by atoms with Gasteiger partial charge in [-0.15, -0.1) is 0 Å². The smallest absolute Gasteiger partial charge is 0.187 e. The lowest BCUT2D eigenvalue weighted by Crippen LogP contribution is -2.65. The van der Waals surface area contributed by atoms with Crippen LogP contribution in [0.15, 0.2) is 0 Å². The lowest BCUT2D eigenvalue weighted by Gasteiger charge is -2.46. The molecule has 3 aliphatic heterocycles. The summed E-state index contributed by atoms with van der Waals surface area (Å²) < 4.78 is 37.1. The average Bonchev–Trinajstić information content (AvgIpc) is 2.87. The minimum absolute atomic E-state index is 0.123. The van der Waals surface area contributed by atoms with E-state index in [0.29, 0.717) is 0 Å². The molecule has 0 aromatic carbocycles. The first-order chi connectivity index (χ1) is 17.0. The van der Waals surface area contributed by atoms with E-state index in [1.165, 1.54) is 14.2 Å². The Bertz CT molecular complexity index is 670. The Labute approximate surface area is 206 Å². The molecular formula is C20H36O16. The maximum absolute atomic E-state index is 10.4. The van der Waals surface area contributed by atoms with Crippen LogP contribution in [0.1, 0.15) is 0 Å². The lowest BCUT2D eigenvalue weighted by molar-refractivity contribution is -0.363. The Morgan fingerprint density at radius 2 is 1.06 bits per heavy atom. The molecule has 9 N–H and O–H groups in total. The Hall–Kier alpha value is -0.640. The van der Waals surface area contributed by atoms with E-state index in [1.54, 1.807) is 0 Å². The highest BCUT2D eigenvalue weighted by Gasteiger charge is 2.51. The summed E-state index contributed by atoms with van der Waals surface area (Å²) in [6.45, 7) is -1.33. The molecule has 0 aromatic rings. The fraction of sp³-hybridized carbons (Fsp3) is 1.00. The highest BCUT2D eigenvalue weighted by atomic mass is 16.8. The molecule has 212 valence electrons. The van der Waals surface area contributed by atoms with Gasteiger partial charge in [0.05, 0.1) is 19.8 Å². The zero-order valence-electron chi connectivity index (χ0n) is 19.7. The van der Waals surface area contributed by atoms with Crippen LogP contribution in [-0.2, 0) is 33.2 Å². The number of ether oxygens (including phenoxy) is 7. The van der Waals surface area contributed by atoms with Gasteiger partial charge in [-0.3, -0.25) is 0 Å². The fourth-order valence-electron chi connectivity index (χ4n) is 4.28. The van der Waals surface area contributed by atoms with Crippen molar-refractivity contribution in [2.75, 3.05) is 34.0 Å². The molecule has 0 spiro atoms. The molecule has 16 nitrogen and oxygen atoms in total. The second-order valence-electron chi connectivity index (χ2n) is 8.86. The predicted octanol–water partition coefficient (Wildman–Crippen LogP) is -6.26. The largest absolute Gasteiger partial charge is 0.394 e. The van der Waals surface area contributed by atoms with Gasteiger partial charge in [0.2, 0.25) is 0 Å². The summed E-state index contributed by atoms with van der Waals surface area (Å²) in [4.78, 5) is 0. The second kappa shape index (κ2) is 12.9. The van der Waals surface area contributed by atoms with E-state index < -0.39 is 105 Å². The van der Waals surface area contributed by atoms with Crippen LogP contribution >= 0.6 is 0 Å². The van der Waals surface area contributed by atoms with E-state index in [2.05, 4.69) is 0 Å². The van der Waals surface area contributed by atoms with Crippen LogP contribution in [0.25, 0.3) is 0 Å². The van der Waals surface area contributed by atoms with Crippen molar-refractivity contribution in [3.05, 3.63) is 0 Å². The first-order valence-corrected chi connectivity index (χ1v) is 11.4. The molecule has 6 unspecified atom stereocenters. The van der Waals surface area contributed by atoms with Gasteiger partial charge in [0.15, 0.2) is 18.9 Å². The molecule has 0 saturated carbocycles. The topological polar surface area (TPSA) is 247 Å². The second-order valence-corrected chi connectivity index (χ2v) is 8.86. The normalized spacial score (nSPS) is 50.2. The van der Waals surface area contributed by atoms with E-state index in [4.69, 9.17) is 33.2 Å². The lowest BCUT2D eigenvalue weighted by atomic mass is 9.97. The molecule has 36 heavy (non-hydrogen) atoms. The van der Waals surface area contributed by atoms with Gasteiger partial charge in [-0.05, 0) is 0 Å². The van der Waals surface area contributed by atoms with Gasteiger partial charge < -0.3 is 79.1 Å². The minimum atomic E-state index is -1.82. The standard InChI is InChI=1S/C20H36O16/c1-30-4-7-9(22)11(24)14(27)19(34-7)32-5-8-10(23)12(25)15(28)20(35-8)36-17-6(3-21)33-18(31-2)16(29)13(17)26/h6-29H,3-5H2,1-2H3/t6-,7?,8?,9-,10+,11-,12-,13?,14?,15?,16?,17+,18+,19-,20-/m0/s1. The Balaban J connectivity index is 1.67. The molecule has 3 saturated heterocycles. The van der Waals surface area contributed by atoms with Crippen molar-refractivity contribution < 1.29 is 79.1 Å². The van der Waals surface area contributed by atoms with E-state index in [-0.39, 0.29) is 6.61 Å². The van der Waals surface area contributed by atoms with Crippen LogP contribution in [0.4, 0.5) is 0 Å². The SMILES string of the molecule is COCC1O[C@H](OCC2O[C@@H](O[C@H]3C(O)C(O)[C@H](OC)O[C@H]3CO)C(O)[C@@H](O)[C@@H]2O)C(O)[C@@H](O)[C@H]1O. The molecule has 3 fully saturated rings. The molecule has 0 amide bonds. The van der Waals surface area contributed by atoms with Gasteiger partial charge >= 0.3 is 0 Å². The van der Waals surface area contributed by atoms with E-state index >= 15 is 0 Å². The molecule has 16 heteroatoms.